The van der Waals surface area contributed by atoms with Crippen molar-refractivity contribution in [3.8, 4) is 5.75 Å². The van der Waals surface area contributed by atoms with Gasteiger partial charge in [-0.25, -0.2) is 0 Å². The number of Topliss-reactive ketones (excluding diaryl/α,β-unsaturated/α-hetero) is 1. The zero-order valence-corrected chi connectivity index (χ0v) is 12.5. The molecule has 3 heteroatoms. The first-order chi connectivity index (χ1) is 9.00. The molecule has 0 N–H and O–H groups in total. The van der Waals surface area contributed by atoms with Crippen LogP contribution in [0, 0.1) is 0 Å². The van der Waals surface area contributed by atoms with Crippen molar-refractivity contribution in [2.75, 3.05) is 7.11 Å². The highest BCUT2D eigenvalue weighted by molar-refractivity contribution is 6.04. The highest BCUT2D eigenvalue weighted by Crippen LogP contribution is 2.30. The number of hydrogen-bond donors (Lipinski definition) is 0. The minimum absolute atomic E-state index is 0.00347. The Hall–Kier alpha value is -1.35. The van der Waals surface area contributed by atoms with Gasteiger partial charge in [0.25, 0.3) is 0 Å². The molecule has 0 radical (unpaired) electrons. The van der Waals surface area contributed by atoms with Crippen LogP contribution < -0.4 is 4.74 Å². The van der Waals surface area contributed by atoms with E-state index in [1.54, 1.807) is 13.2 Å². The Morgan fingerprint density at radius 3 is 2.26 bits per heavy atom. The van der Waals surface area contributed by atoms with Gasteiger partial charge in [-0.15, -0.1) is 0 Å². The standard InChI is InChI=1S/C16H24O3/c1-6-16(7-2,18-5)15(17)13-10-8-9-11-14(13)19-12(3)4/h8-12H,6-7H2,1-5H3. The Bertz CT molecular complexity index is 411. The second kappa shape index (κ2) is 6.71. The summed E-state index contributed by atoms with van der Waals surface area (Å²) in [6.07, 6.45) is 1.33. The molecule has 1 rings (SSSR count). The second-order valence-electron chi connectivity index (χ2n) is 4.90. The van der Waals surface area contributed by atoms with Gasteiger partial charge in [-0.2, -0.15) is 0 Å². The molecular weight excluding hydrogens is 240 g/mol. The minimum Gasteiger partial charge on any atom is -0.490 e. The number of methoxy groups -OCH3 is 1. The molecule has 19 heavy (non-hydrogen) atoms. The van der Waals surface area contributed by atoms with Crippen molar-refractivity contribution < 1.29 is 14.3 Å². The van der Waals surface area contributed by atoms with E-state index >= 15 is 0 Å². The number of ketones is 1. The third-order valence-corrected chi connectivity index (χ3v) is 3.44. The van der Waals surface area contributed by atoms with Crippen LogP contribution in [-0.4, -0.2) is 24.6 Å². The second-order valence-corrected chi connectivity index (χ2v) is 4.90. The first-order valence-corrected chi connectivity index (χ1v) is 6.86. The van der Waals surface area contributed by atoms with Crippen LogP contribution in [0.2, 0.25) is 0 Å². The van der Waals surface area contributed by atoms with Crippen LogP contribution in [0.1, 0.15) is 50.9 Å². The lowest BCUT2D eigenvalue weighted by Gasteiger charge is -2.29. The van der Waals surface area contributed by atoms with Crippen LogP contribution >= 0.6 is 0 Å². The van der Waals surface area contributed by atoms with Crippen LogP contribution in [0.3, 0.4) is 0 Å². The van der Waals surface area contributed by atoms with Crippen molar-refractivity contribution in [2.24, 2.45) is 0 Å². The summed E-state index contributed by atoms with van der Waals surface area (Å²) in [7, 11) is 1.59. The lowest BCUT2D eigenvalue weighted by Crippen LogP contribution is -2.39. The summed E-state index contributed by atoms with van der Waals surface area (Å²) in [4.78, 5) is 12.8. The van der Waals surface area contributed by atoms with E-state index in [9.17, 15) is 4.79 Å². The van der Waals surface area contributed by atoms with E-state index < -0.39 is 5.60 Å². The fourth-order valence-corrected chi connectivity index (χ4v) is 2.21. The predicted octanol–water partition coefficient (Wildman–Crippen LogP) is 3.86. The first-order valence-electron chi connectivity index (χ1n) is 6.86. The summed E-state index contributed by atoms with van der Waals surface area (Å²) < 4.78 is 11.2. The van der Waals surface area contributed by atoms with Crippen molar-refractivity contribution >= 4 is 5.78 Å². The van der Waals surface area contributed by atoms with Crippen LogP contribution in [-0.2, 0) is 4.74 Å². The molecule has 1 aromatic carbocycles. The topological polar surface area (TPSA) is 35.5 Å². The zero-order chi connectivity index (χ0) is 14.5. The van der Waals surface area contributed by atoms with E-state index in [1.807, 2.05) is 45.9 Å². The number of carbonyl (C=O) groups is 1. The van der Waals surface area contributed by atoms with Crippen molar-refractivity contribution in [3.05, 3.63) is 29.8 Å². The third-order valence-electron chi connectivity index (χ3n) is 3.44. The highest BCUT2D eigenvalue weighted by atomic mass is 16.5. The van der Waals surface area contributed by atoms with Crippen molar-refractivity contribution in [1.82, 2.24) is 0 Å². The quantitative estimate of drug-likeness (QED) is 0.701. The Morgan fingerprint density at radius 2 is 1.79 bits per heavy atom. The molecule has 0 aliphatic carbocycles. The number of para-hydroxylation sites is 1. The largest absolute Gasteiger partial charge is 0.490 e. The zero-order valence-electron chi connectivity index (χ0n) is 12.5. The van der Waals surface area contributed by atoms with Crippen LogP contribution in [0.4, 0.5) is 0 Å². The molecule has 0 amide bonds. The lowest BCUT2D eigenvalue weighted by atomic mass is 9.87. The lowest BCUT2D eigenvalue weighted by molar-refractivity contribution is -0.00292. The summed E-state index contributed by atoms with van der Waals surface area (Å²) in [6, 6.07) is 7.37. The predicted molar refractivity (Wildman–Crippen MR) is 76.9 cm³/mol. The maximum Gasteiger partial charge on any atom is 0.198 e. The number of benzene rings is 1. The van der Waals surface area contributed by atoms with E-state index in [2.05, 4.69) is 0 Å². The number of ether oxygens (including phenoxy) is 2. The summed E-state index contributed by atoms with van der Waals surface area (Å²) in [5.74, 6) is 0.627. The molecule has 0 fully saturated rings. The average Bonchev–Trinajstić information content (AvgIpc) is 2.41. The number of hydrogen-bond acceptors (Lipinski definition) is 3. The van der Waals surface area contributed by atoms with Gasteiger partial charge in [-0.05, 0) is 38.8 Å². The molecule has 0 atom stereocenters. The summed E-state index contributed by atoms with van der Waals surface area (Å²) in [5, 5.41) is 0. The number of carbonyl (C=O) groups excluding carboxylic acids is 1. The SMILES string of the molecule is CCC(CC)(OC)C(=O)c1ccccc1OC(C)C. The van der Waals surface area contributed by atoms with Crippen LogP contribution in [0.15, 0.2) is 24.3 Å². The number of rotatable bonds is 7. The Morgan fingerprint density at radius 1 is 1.21 bits per heavy atom. The van der Waals surface area contributed by atoms with E-state index in [4.69, 9.17) is 9.47 Å². The summed E-state index contributed by atoms with van der Waals surface area (Å²) in [6.45, 7) is 7.84. The normalized spacial score (nSPS) is 11.7. The van der Waals surface area contributed by atoms with Gasteiger partial charge in [0.05, 0.1) is 11.7 Å². The molecule has 1 aromatic rings. The molecule has 0 saturated heterocycles. The van der Waals surface area contributed by atoms with Gasteiger partial charge in [0.15, 0.2) is 5.78 Å². The molecule has 0 spiro atoms. The molecular formula is C16H24O3. The molecule has 0 aliphatic rings. The van der Waals surface area contributed by atoms with E-state index in [0.717, 1.165) is 0 Å². The molecule has 106 valence electrons. The van der Waals surface area contributed by atoms with Gasteiger partial charge < -0.3 is 9.47 Å². The first kappa shape index (κ1) is 15.7. The van der Waals surface area contributed by atoms with Gasteiger partial charge >= 0.3 is 0 Å². The fourth-order valence-electron chi connectivity index (χ4n) is 2.21. The Labute approximate surface area is 115 Å². The van der Waals surface area contributed by atoms with Crippen molar-refractivity contribution in [2.45, 2.75) is 52.2 Å². The average molecular weight is 264 g/mol. The Kier molecular flexibility index (Phi) is 5.55. The molecule has 0 heterocycles. The molecule has 0 aliphatic heterocycles. The fraction of sp³-hybridized carbons (Fsp3) is 0.562. The maximum absolute atomic E-state index is 12.8. The molecule has 0 saturated carbocycles. The smallest absolute Gasteiger partial charge is 0.198 e. The molecule has 0 unspecified atom stereocenters. The molecule has 3 nitrogen and oxygen atoms in total. The monoisotopic (exact) mass is 264 g/mol. The van der Waals surface area contributed by atoms with Gasteiger partial charge in [0.2, 0.25) is 0 Å². The van der Waals surface area contributed by atoms with Gasteiger partial charge in [-0.3, -0.25) is 4.79 Å². The van der Waals surface area contributed by atoms with E-state index in [-0.39, 0.29) is 11.9 Å². The molecule has 0 bridgehead atoms. The van der Waals surface area contributed by atoms with Gasteiger partial charge in [0, 0.05) is 7.11 Å². The van der Waals surface area contributed by atoms with Crippen LogP contribution in [0.25, 0.3) is 0 Å². The van der Waals surface area contributed by atoms with Gasteiger partial charge in [0.1, 0.15) is 11.4 Å². The van der Waals surface area contributed by atoms with E-state index in [1.165, 1.54) is 0 Å². The summed E-state index contributed by atoms with van der Waals surface area (Å²) in [5.41, 5.74) is -0.155. The Balaban J connectivity index is 3.18. The van der Waals surface area contributed by atoms with Gasteiger partial charge in [-0.1, -0.05) is 26.0 Å². The minimum atomic E-state index is -0.754. The molecule has 0 aromatic heterocycles. The van der Waals surface area contributed by atoms with Crippen molar-refractivity contribution in [1.29, 1.82) is 0 Å². The highest BCUT2D eigenvalue weighted by Gasteiger charge is 2.36. The third kappa shape index (κ3) is 3.35. The van der Waals surface area contributed by atoms with E-state index in [0.29, 0.717) is 24.2 Å². The maximum atomic E-state index is 12.8. The van der Waals surface area contributed by atoms with Crippen LogP contribution in [0.5, 0.6) is 5.75 Å². The summed E-state index contributed by atoms with van der Waals surface area (Å²) >= 11 is 0. The van der Waals surface area contributed by atoms with Crippen molar-refractivity contribution in [3.63, 3.8) is 0 Å².